The van der Waals surface area contributed by atoms with Crippen molar-refractivity contribution in [3.8, 4) is 11.5 Å². The number of ether oxygens (including phenoxy) is 2. The number of carbonyl (C=O) groups is 3. The smallest absolute Gasteiger partial charge is 0.329 e. The number of urea groups is 1. The van der Waals surface area contributed by atoms with Gasteiger partial charge in [-0.1, -0.05) is 0 Å². The van der Waals surface area contributed by atoms with Gasteiger partial charge in [-0.05, 0) is 31.4 Å². The van der Waals surface area contributed by atoms with Crippen LogP contribution in [0.1, 0.15) is 24.8 Å². The standard InChI is InChI=1S/C19H23N3O6/c1-27-15-10-14(21-6-4-3-5-7-21)16(28-2)9-12(15)8-13-18(25)22(11-17(23)24)19(26)20-13/h8-10H,3-7,11H2,1-2H3,(H,20,26)(H,23,24)/b13-8+. The normalized spacial score (nSPS) is 18.4. The first kappa shape index (κ1) is 19.5. The van der Waals surface area contributed by atoms with E-state index in [1.54, 1.807) is 13.2 Å². The highest BCUT2D eigenvalue weighted by Crippen LogP contribution is 2.37. The summed E-state index contributed by atoms with van der Waals surface area (Å²) in [6, 6.07) is 2.83. The largest absolute Gasteiger partial charge is 0.496 e. The van der Waals surface area contributed by atoms with Crippen LogP contribution in [0.25, 0.3) is 6.08 Å². The van der Waals surface area contributed by atoms with Crippen molar-refractivity contribution in [2.75, 3.05) is 38.8 Å². The zero-order chi connectivity index (χ0) is 20.3. The summed E-state index contributed by atoms with van der Waals surface area (Å²) in [4.78, 5) is 38.0. The van der Waals surface area contributed by atoms with Crippen LogP contribution >= 0.6 is 0 Å². The number of anilines is 1. The summed E-state index contributed by atoms with van der Waals surface area (Å²) in [5.41, 5.74) is 1.44. The molecule has 2 heterocycles. The molecule has 1 aromatic carbocycles. The monoisotopic (exact) mass is 389 g/mol. The maximum atomic E-state index is 12.4. The predicted octanol–water partition coefficient (Wildman–Crippen LogP) is 1.67. The highest BCUT2D eigenvalue weighted by molar-refractivity contribution is 6.15. The summed E-state index contributed by atoms with van der Waals surface area (Å²) in [5, 5.41) is 11.3. The molecule has 2 aliphatic rings. The molecule has 9 heteroatoms. The second-order valence-electron chi connectivity index (χ2n) is 6.59. The van der Waals surface area contributed by atoms with Crippen molar-refractivity contribution in [1.29, 1.82) is 0 Å². The summed E-state index contributed by atoms with van der Waals surface area (Å²) in [5.74, 6) is -0.815. The number of carbonyl (C=O) groups excluding carboxylic acids is 2. The van der Waals surface area contributed by atoms with Crippen molar-refractivity contribution < 1.29 is 29.0 Å². The van der Waals surface area contributed by atoms with Crippen LogP contribution in [-0.4, -0.2) is 61.8 Å². The van der Waals surface area contributed by atoms with Crippen molar-refractivity contribution in [2.45, 2.75) is 19.3 Å². The first-order chi connectivity index (χ1) is 13.4. The SMILES string of the molecule is COc1cc(N2CCCCC2)c(OC)cc1/C=C1/NC(=O)N(CC(=O)O)C1=O. The molecule has 150 valence electrons. The van der Waals surface area contributed by atoms with Crippen LogP contribution in [0.15, 0.2) is 17.8 Å². The average Bonchev–Trinajstić information content (AvgIpc) is 2.95. The number of benzene rings is 1. The number of aliphatic carboxylic acids is 1. The molecule has 0 unspecified atom stereocenters. The van der Waals surface area contributed by atoms with Gasteiger partial charge >= 0.3 is 12.0 Å². The maximum Gasteiger partial charge on any atom is 0.329 e. The fourth-order valence-electron chi connectivity index (χ4n) is 3.41. The molecule has 1 aromatic rings. The van der Waals surface area contributed by atoms with Gasteiger partial charge in [-0.15, -0.1) is 0 Å². The molecule has 0 atom stereocenters. The molecule has 2 saturated heterocycles. The molecule has 2 aliphatic heterocycles. The molecule has 0 spiro atoms. The Bertz CT molecular complexity index is 829. The quantitative estimate of drug-likeness (QED) is 0.563. The molecule has 0 aromatic heterocycles. The second kappa shape index (κ2) is 8.20. The first-order valence-electron chi connectivity index (χ1n) is 9.02. The van der Waals surface area contributed by atoms with E-state index < -0.39 is 24.5 Å². The fourth-order valence-corrected chi connectivity index (χ4v) is 3.41. The van der Waals surface area contributed by atoms with Crippen LogP contribution in [0.2, 0.25) is 0 Å². The summed E-state index contributed by atoms with van der Waals surface area (Å²) in [6.07, 6.45) is 4.88. The zero-order valence-corrected chi connectivity index (χ0v) is 15.9. The van der Waals surface area contributed by atoms with E-state index in [9.17, 15) is 14.4 Å². The number of amides is 3. The van der Waals surface area contributed by atoms with Gasteiger partial charge in [0.25, 0.3) is 5.91 Å². The Morgan fingerprint density at radius 2 is 1.82 bits per heavy atom. The second-order valence-corrected chi connectivity index (χ2v) is 6.59. The zero-order valence-electron chi connectivity index (χ0n) is 15.9. The van der Waals surface area contributed by atoms with Gasteiger partial charge in [-0.2, -0.15) is 0 Å². The number of carboxylic acids is 1. The topological polar surface area (TPSA) is 108 Å². The van der Waals surface area contributed by atoms with Gasteiger partial charge < -0.3 is 24.8 Å². The number of nitrogens with one attached hydrogen (secondary N) is 1. The van der Waals surface area contributed by atoms with Crippen molar-refractivity contribution >= 4 is 29.7 Å². The highest BCUT2D eigenvalue weighted by atomic mass is 16.5. The van der Waals surface area contributed by atoms with E-state index >= 15 is 0 Å². The van der Waals surface area contributed by atoms with Crippen LogP contribution in [0, 0.1) is 0 Å². The molecule has 0 aliphatic carbocycles. The third-order valence-corrected chi connectivity index (χ3v) is 4.78. The van der Waals surface area contributed by atoms with Crippen molar-refractivity contribution in [1.82, 2.24) is 10.2 Å². The highest BCUT2D eigenvalue weighted by Gasteiger charge is 2.35. The minimum absolute atomic E-state index is 0.0164. The third-order valence-electron chi connectivity index (χ3n) is 4.78. The molecule has 0 radical (unpaired) electrons. The maximum absolute atomic E-state index is 12.4. The van der Waals surface area contributed by atoms with Gasteiger partial charge in [-0.25, -0.2) is 9.69 Å². The van der Waals surface area contributed by atoms with Gasteiger partial charge in [-0.3, -0.25) is 9.59 Å². The summed E-state index contributed by atoms with van der Waals surface area (Å²) in [6.45, 7) is 1.16. The lowest BCUT2D eigenvalue weighted by Crippen LogP contribution is -2.35. The van der Waals surface area contributed by atoms with Gasteiger partial charge in [0, 0.05) is 24.7 Å². The molecular weight excluding hydrogens is 366 g/mol. The van der Waals surface area contributed by atoms with E-state index in [1.165, 1.54) is 19.6 Å². The number of imide groups is 1. The van der Waals surface area contributed by atoms with E-state index in [0.29, 0.717) is 22.0 Å². The summed E-state index contributed by atoms with van der Waals surface area (Å²) >= 11 is 0. The lowest BCUT2D eigenvalue weighted by atomic mass is 10.1. The van der Waals surface area contributed by atoms with Gasteiger partial charge in [0.1, 0.15) is 23.7 Å². The fraction of sp³-hybridized carbons (Fsp3) is 0.421. The van der Waals surface area contributed by atoms with Gasteiger partial charge in [0.15, 0.2) is 0 Å². The molecule has 9 nitrogen and oxygen atoms in total. The minimum atomic E-state index is -1.27. The number of piperidine rings is 1. The van der Waals surface area contributed by atoms with Crippen LogP contribution in [0.3, 0.4) is 0 Å². The Balaban J connectivity index is 1.95. The number of methoxy groups -OCH3 is 2. The van der Waals surface area contributed by atoms with Crippen molar-refractivity contribution in [3.63, 3.8) is 0 Å². The third kappa shape index (κ3) is 3.88. The average molecular weight is 389 g/mol. The molecule has 2 N–H and O–H groups in total. The van der Waals surface area contributed by atoms with E-state index in [2.05, 4.69) is 10.2 Å². The molecule has 3 amide bonds. The number of rotatable bonds is 6. The Hall–Kier alpha value is -3.23. The number of hydrogen-bond donors (Lipinski definition) is 2. The molecule has 3 rings (SSSR count). The van der Waals surface area contributed by atoms with E-state index in [1.807, 2.05) is 6.07 Å². The van der Waals surface area contributed by atoms with E-state index in [-0.39, 0.29) is 5.70 Å². The first-order valence-corrected chi connectivity index (χ1v) is 9.02. The predicted molar refractivity (Wildman–Crippen MR) is 101 cm³/mol. The number of nitrogens with zero attached hydrogens (tertiary/aromatic N) is 2. The van der Waals surface area contributed by atoms with Crippen LogP contribution < -0.4 is 19.7 Å². The number of hydrogen-bond acceptors (Lipinski definition) is 6. The lowest BCUT2D eigenvalue weighted by molar-refractivity contribution is -0.140. The Morgan fingerprint density at radius 3 is 2.43 bits per heavy atom. The van der Waals surface area contributed by atoms with E-state index in [0.717, 1.165) is 31.6 Å². The number of carboxylic acid groups (broad SMARTS) is 1. The van der Waals surface area contributed by atoms with Crippen LogP contribution in [0.5, 0.6) is 11.5 Å². The minimum Gasteiger partial charge on any atom is -0.496 e. The van der Waals surface area contributed by atoms with Gasteiger partial charge in [0.05, 0.1) is 19.9 Å². The van der Waals surface area contributed by atoms with Crippen LogP contribution in [-0.2, 0) is 9.59 Å². The van der Waals surface area contributed by atoms with E-state index in [4.69, 9.17) is 14.6 Å². The lowest BCUT2D eigenvalue weighted by Gasteiger charge is -2.30. The molecular formula is C19H23N3O6. The molecule has 0 saturated carbocycles. The molecule has 28 heavy (non-hydrogen) atoms. The van der Waals surface area contributed by atoms with Gasteiger partial charge in [0.2, 0.25) is 0 Å². The Labute approximate surface area is 162 Å². The molecule has 2 fully saturated rings. The molecule has 0 bridgehead atoms. The summed E-state index contributed by atoms with van der Waals surface area (Å²) in [7, 11) is 3.10. The van der Waals surface area contributed by atoms with Crippen LogP contribution in [0.4, 0.5) is 10.5 Å². The summed E-state index contributed by atoms with van der Waals surface area (Å²) < 4.78 is 11.0. The Morgan fingerprint density at radius 1 is 1.14 bits per heavy atom. The van der Waals surface area contributed by atoms with Crippen molar-refractivity contribution in [3.05, 3.63) is 23.4 Å². The van der Waals surface area contributed by atoms with Crippen molar-refractivity contribution in [2.24, 2.45) is 0 Å². The Kier molecular flexibility index (Phi) is 5.72.